The third kappa shape index (κ3) is 2.27. The second-order valence-electron chi connectivity index (χ2n) is 4.66. The first-order valence-electron chi connectivity index (χ1n) is 6.46. The molecule has 2 amide bonds. The molecule has 1 aromatic heterocycles. The smallest absolute Gasteiger partial charge is 0.320 e. The average molecular weight is 266 g/mol. The van der Waals surface area contributed by atoms with E-state index in [1.165, 1.54) is 4.90 Å². The topological polar surface area (TPSA) is 71.6 Å². The van der Waals surface area contributed by atoms with Crippen LogP contribution >= 0.6 is 0 Å². The highest BCUT2D eigenvalue weighted by Crippen LogP contribution is 2.27. The first-order valence-corrected chi connectivity index (χ1v) is 6.46. The number of carbonyl (C=O) groups excluding carboxylic acids is 1. The number of hydrogen-bond donors (Lipinski definition) is 1. The third-order valence-electron chi connectivity index (χ3n) is 3.35. The van der Waals surface area contributed by atoms with E-state index in [1.54, 1.807) is 18.6 Å². The minimum absolute atomic E-state index is 0.450. The maximum Gasteiger partial charge on any atom is 0.320 e. The molecule has 0 saturated carbocycles. The molecule has 0 bridgehead atoms. The van der Waals surface area contributed by atoms with Crippen LogP contribution in [0.2, 0.25) is 0 Å². The number of primary amides is 1. The molecule has 0 aromatic carbocycles. The summed E-state index contributed by atoms with van der Waals surface area (Å²) in [4.78, 5) is 21.5. The van der Waals surface area contributed by atoms with Crippen LogP contribution in [0.4, 0.5) is 10.6 Å². The number of anilines is 1. The fraction of sp³-hybridized carbons (Fsp3) is 0.200. The summed E-state index contributed by atoms with van der Waals surface area (Å²) in [6.45, 7) is 0.630. The van der Waals surface area contributed by atoms with Crippen molar-refractivity contribution in [2.75, 3.05) is 11.4 Å². The van der Waals surface area contributed by atoms with E-state index < -0.39 is 6.03 Å². The van der Waals surface area contributed by atoms with Crippen molar-refractivity contribution < 1.29 is 4.79 Å². The Labute approximate surface area is 116 Å². The van der Waals surface area contributed by atoms with Crippen LogP contribution in [-0.2, 0) is 6.42 Å². The number of aliphatic imine (C=N–C) groups is 1. The number of aryl methyl sites for hydroxylation is 1. The zero-order chi connectivity index (χ0) is 13.9. The molecule has 3 rings (SSSR count). The van der Waals surface area contributed by atoms with Gasteiger partial charge in [-0.05, 0) is 36.6 Å². The van der Waals surface area contributed by atoms with Crippen molar-refractivity contribution in [2.24, 2.45) is 10.7 Å². The van der Waals surface area contributed by atoms with Crippen molar-refractivity contribution in [2.45, 2.75) is 12.8 Å². The summed E-state index contributed by atoms with van der Waals surface area (Å²) in [5.74, 6) is 0.673. The van der Waals surface area contributed by atoms with Crippen LogP contribution in [0, 0.1) is 0 Å². The highest BCUT2D eigenvalue weighted by Gasteiger charge is 2.22. The predicted octanol–water partition coefficient (Wildman–Crippen LogP) is 2.05. The zero-order valence-corrected chi connectivity index (χ0v) is 10.9. The van der Waals surface area contributed by atoms with Crippen LogP contribution in [-0.4, -0.2) is 23.8 Å². The van der Waals surface area contributed by atoms with Crippen LogP contribution in [0.15, 0.2) is 41.3 Å². The van der Waals surface area contributed by atoms with Gasteiger partial charge in [0.05, 0.1) is 6.20 Å². The van der Waals surface area contributed by atoms with Crippen molar-refractivity contribution >= 4 is 23.6 Å². The highest BCUT2D eigenvalue weighted by molar-refractivity contribution is 6.10. The summed E-state index contributed by atoms with van der Waals surface area (Å²) in [6.07, 6.45) is 10.7. The van der Waals surface area contributed by atoms with Crippen LogP contribution in [0.3, 0.4) is 0 Å². The number of nitrogens with two attached hydrogens (primary N) is 1. The van der Waals surface area contributed by atoms with Crippen molar-refractivity contribution in [1.29, 1.82) is 0 Å². The number of amides is 2. The summed E-state index contributed by atoms with van der Waals surface area (Å²) in [5.41, 5.74) is 11.3. The lowest BCUT2D eigenvalue weighted by Crippen LogP contribution is -2.40. The second-order valence-corrected chi connectivity index (χ2v) is 4.66. The molecule has 100 valence electrons. The lowest BCUT2D eigenvalue weighted by atomic mass is 10.0. The number of aromatic nitrogens is 1. The fourth-order valence-corrected chi connectivity index (χ4v) is 2.39. The summed E-state index contributed by atoms with van der Waals surface area (Å²) in [5, 5.41) is 0. The maximum atomic E-state index is 11.4. The lowest BCUT2D eigenvalue weighted by Gasteiger charge is -2.26. The molecule has 2 aliphatic heterocycles. The van der Waals surface area contributed by atoms with Gasteiger partial charge in [0.2, 0.25) is 0 Å². The van der Waals surface area contributed by atoms with Crippen LogP contribution < -0.4 is 10.6 Å². The van der Waals surface area contributed by atoms with Crippen molar-refractivity contribution in [3.05, 3.63) is 47.5 Å². The SMILES string of the molecule is NC(=O)N1CCCc2cc(C3=CC=C=CN=C3)cnc21. The molecule has 2 N–H and O–H groups in total. The Kier molecular flexibility index (Phi) is 3.19. The molecule has 0 atom stereocenters. The summed E-state index contributed by atoms with van der Waals surface area (Å²) in [7, 11) is 0. The lowest BCUT2D eigenvalue weighted by molar-refractivity contribution is 0.253. The minimum atomic E-state index is -0.450. The largest absolute Gasteiger partial charge is 0.351 e. The Bertz CT molecular complexity index is 681. The molecule has 5 nitrogen and oxygen atoms in total. The van der Waals surface area contributed by atoms with E-state index in [0.29, 0.717) is 12.4 Å². The number of allylic oxidation sites excluding steroid dienone is 3. The van der Waals surface area contributed by atoms with Crippen LogP contribution in [0.1, 0.15) is 17.5 Å². The van der Waals surface area contributed by atoms with Crippen molar-refractivity contribution in [3.8, 4) is 0 Å². The van der Waals surface area contributed by atoms with Gasteiger partial charge in [-0.3, -0.25) is 9.89 Å². The molecular weight excluding hydrogens is 252 g/mol. The van der Waals surface area contributed by atoms with Crippen LogP contribution in [0.25, 0.3) is 5.57 Å². The highest BCUT2D eigenvalue weighted by atomic mass is 16.2. The zero-order valence-electron chi connectivity index (χ0n) is 10.9. The van der Waals surface area contributed by atoms with Gasteiger partial charge in [0.15, 0.2) is 0 Å². The molecule has 0 unspecified atom stereocenters. The van der Waals surface area contributed by atoms with Gasteiger partial charge >= 0.3 is 6.03 Å². The normalized spacial score (nSPS) is 16.6. The van der Waals surface area contributed by atoms with E-state index in [-0.39, 0.29) is 0 Å². The summed E-state index contributed by atoms with van der Waals surface area (Å²) in [6, 6.07) is 1.60. The van der Waals surface area contributed by atoms with E-state index in [2.05, 4.69) is 21.8 Å². The van der Waals surface area contributed by atoms with E-state index in [4.69, 9.17) is 5.73 Å². The predicted molar refractivity (Wildman–Crippen MR) is 78.6 cm³/mol. The Morgan fingerprint density at radius 3 is 3.20 bits per heavy atom. The van der Waals surface area contributed by atoms with Crippen molar-refractivity contribution in [3.63, 3.8) is 0 Å². The molecular formula is C15H14N4O. The molecule has 0 saturated heterocycles. The summed E-state index contributed by atoms with van der Waals surface area (Å²) >= 11 is 0. The fourth-order valence-electron chi connectivity index (χ4n) is 2.39. The van der Waals surface area contributed by atoms with E-state index >= 15 is 0 Å². The monoisotopic (exact) mass is 266 g/mol. The number of urea groups is 1. The number of fused-ring (bicyclic) bond motifs is 1. The van der Waals surface area contributed by atoms with Gasteiger partial charge in [0.25, 0.3) is 0 Å². The van der Waals surface area contributed by atoms with E-state index in [0.717, 1.165) is 29.5 Å². The molecule has 0 radical (unpaired) electrons. The first-order chi connectivity index (χ1) is 9.75. The van der Waals surface area contributed by atoms with Gasteiger partial charge in [-0.15, -0.1) is 5.73 Å². The van der Waals surface area contributed by atoms with Crippen molar-refractivity contribution in [1.82, 2.24) is 4.98 Å². The molecule has 20 heavy (non-hydrogen) atoms. The summed E-state index contributed by atoms with van der Waals surface area (Å²) < 4.78 is 0. The van der Waals surface area contributed by atoms with Gasteiger partial charge in [0.1, 0.15) is 5.82 Å². The second kappa shape index (κ2) is 5.15. The Hall–Kier alpha value is -2.65. The first kappa shape index (κ1) is 12.4. The van der Waals surface area contributed by atoms with Gasteiger partial charge in [0, 0.05) is 30.1 Å². The molecule has 0 aliphatic carbocycles. The molecule has 0 spiro atoms. The number of nitrogens with zero attached hydrogens (tertiary/aromatic N) is 3. The number of hydrogen-bond acceptors (Lipinski definition) is 3. The Morgan fingerprint density at radius 1 is 1.45 bits per heavy atom. The standard InChI is InChI=1S/C15H14N4O/c16-15(20)19-7-3-5-11-8-13(10-18-14(11)19)12-4-1-2-6-17-9-12/h1,4,6,8-10H,3,5,7H2,(H2,16,20). The quantitative estimate of drug-likeness (QED) is 0.790. The average Bonchev–Trinajstić information content (AvgIpc) is 2.75. The van der Waals surface area contributed by atoms with Gasteiger partial charge in [-0.1, -0.05) is 0 Å². The third-order valence-corrected chi connectivity index (χ3v) is 3.35. The number of carbonyl (C=O) groups is 1. The Morgan fingerprint density at radius 2 is 2.35 bits per heavy atom. The van der Waals surface area contributed by atoms with Crippen LogP contribution in [0.5, 0.6) is 0 Å². The van der Waals surface area contributed by atoms with Gasteiger partial charge < -0.3 is 5.73 Å². The Balaban J connectivity index is 2.00. The molecule has 2 aliphatic rings. The minimum Gasteiger partial charge on any atom is -0.351 e. The molecule has 1 aromatic rings. The molecule has 3 heterocycles. The maximum absolute atomic E-state index is 11.4. The van der Waals surface area contributed by atoms with E-state index in [1.807, 2.05) is 12.2 Å². The van der Waals surface area contributed by atoms with Gasteiger partial charge in [-0.2, -0.15) is 0 Å². The number of rotatable bonds is 1. The molecule has 5 heteroatoms. The van der Waals surface area contributed by atoms with E-state index in [9.17, 15) is 4.79 Å². The van der Waals surface area contributed by atoms with Gasteiger partial charge in [-0.25, -0.2) is 9.78 Å². The molecule has 0 fully saturated rings. The number of pyridine rings is 1.